The van der Waals surface area contributed by atoms with Crippen molar-refractivity contribution in [2.75, 3.05) is 23.7 Å². The van der Waals surface area contributed by atoms with E-state index in [9.17, 15) is 0 Å². The maximum Gasteiger partial charge on any atom is 0.130 e. The van der Waals surface area contributed by atoms with Gasteiger partial charge in [0.15, 0.2) is 0 Å². The van der Waals surface area contributed by atoms with Crippen molar-refractivity contribution >= 4 is 11.5 Å². The van der Waals surface area contributed by atoms with Gasteiger partial charge in [-0.05, 0) is 36.5 Å². The normalized spacial score (nSPS) is 22.8. The van der Waals surface area contributed by atoms with Gasteiger partial charge in [-0.25, -0.2) is 4.98 Å². The largest absolute Gasteiger partial charge is 0.399 e. The summed E-state index contributed by atoms with van der Waals surface area (Å²) in [6.45, 7) is 2.02. The van der Waals surface area contributed by atoms with Crippen LogP contribution in [0.3, 0.4) is 0 Å². The van der Waals surface area contributed by atoms with Gasteiger partial charge in [-0.2, -0.15) is 0 Å². The van der Waals surface area contributed by atoms with Crippen molar-refractivity contribution in [3.63, 3.8) is 0 Å². The number of hydrogen-bond donors (Lipinski definition) is 2. The van der Waals surface area contributed by atoms with Crippen molar-refractivity contribution < 1.29 is 0 Å². The predicted molar refractivity (Wildman–Crippen MR) is 89.8 cm³/mol. The summed E-state index contributed by atoms with van der Waals surface area (Å²) in [4.78, 5) is 6.80. The number of nitrogens with zero attached hydrogens (tertiary/aromatic N) is 2. The van der Waals surface area contributed by atoms with Crippen molar-refractivity contribution in [3.8, 4) is 0 Å². The first-order valence-corrected chi connectivity index (χ1v) is 7.99. The average Bonchev–Trinajstić information content (AvgIpc) is 2.81. The second kappa shape index (κ2) is 4.99. The summed E-state index contributed by atoms with van der Waals surface area (Å²) in [6, 6.07) is 12.7. The summed E-state index contributed by atoms with van der Waals surface area (Å²) >= 11 is 0. The third-order valence-corrected chi connectivity index (χ3v) is 5.36. The van der Waals surface area contributed by atoms with Gasteiger partial charge in [0, 0.05) is 42.5 Å². The number of rotatable bonds is 1. The minimum atomic E-state index is 0.188. The van der Waals surface area contributed by atoms with Crippen LogP contribution in [-0.2, 0) is 5.41 Å². The molecule has 4 rings (SSSR count). The molecule has 0 saturated carbocycles. The summed E-state index contributed by atoms with van der Waals surface area (Å²) in [5.74, 6) is 0.991. The van der Waals surface area contributed by atoms with Gasteiger partial charge in [0.2, 0.25) is 0 Å². The van der Waals surface area contributed by atoms with E-state index in [0.29, 0.717) is 0 Å². The number of anilines is 2. The van der Waals surface area contributed by atoms with E-state index < -0.39 is 0 Å². The van der Waals surface area contributed by atoms with Gasteiger partial charge in [0.1, 0.15) is 5.82 Å². The van der Waals surface area contributed by atoms with Crippen molar-refractivity contribution in [2.24, 2.45) is 5.73 Å². The maximum atomic E-state index is 6.38. The van der Waals surface area contributed by atoms with Crippen LogP contribution in [-0.4, -0.2) is 18.1 Å². The fourth-order valence-electron chi connectivity index (χ4n) is 4.19. The van der Waals surface area contributed by atoms with Crippen LogP contribution in [0, 0.1) is 0 Å². The maximum absolute atomic E-state index is 6.38. The Hall–Kier alpha value is -2.07. The monoisotopic (exact) mass is 294 g/mol. The third-order valence-electron chi connectivity index (χ3n) is 5.36. The van der Waals surface area contributed by atoms with E-state index in [0.717, 1.165) is 43.9 Å². The Bertz CT molecular complexity index is 689. The molecule has 1 atom stereocenters. The van der Waals surface area contributed by atoms with Crippen LogP contribution in [0.25, 0.3) is 0 Å². The Morgan fingerprint density at radius 2 is 1.91 bits per heavy atom. The predicted octanol–water partition coefficient (Wildman–Crippen LogP) is 2.61. The molecule has 1 spiro atoms. The smallest absolute Gasteiger partial charge is 0.130 e. The van der Waals surface area contributed by atoms with Crippen LogP contribution in [0.1, 0.15) is 36.4 Å². The Morgan fingerprint density at radius 1 is 1.14 bits per heavy atom. The number of nitrogens with two attached hydrogens (primary N) is 2. The summed E-state index contributed by atoms with van der Waals surface area (Å²) in [5, 5.41) is 0. The molecule has 1 aliphatic carbocycles. The molecule has 2 heterocycles. The van der Waals surface area contributed by atoms with E-state index in [1.165, 1.54) is 11.1 Å². The zero-order chi connectivity index (χ0) is 15.2. The number of nitrogen functional groups attached to an aromatic ring is 1. The Balaban J connectivity index is 1.58. The molecule has 2 aliphatic rings. The van der Waals surface area contributed by atoms with Gasteiger partial charge < -0.3 is 16.4 Å². The number of aromatic nitrogens is 1. The van der Waals surface area contributed by atoms with Gasteiger partial charge in [-0.3, -0.25) is 0 Å². The average molecular weight is 294 g/mol. The van der Waals surface area contributed by atoms with E-state index >= 15 is 0 Å². The highest BCUT2D eigenvalue weighted by molar-refractivity contribution is 5.51. The zero-order valence-electron chi connectivity index (χ0n) is 12.7. The summed E-state index contributed by atoms with van der Waals surface area (Å²) in [5.41, 5.74) is 16.1. The SMILES string of the molecule is Nc1ccnc(N2CCC3(CC2)C[C@H](N)c2ccccc23)c1. The summed E-state index contributed by atoms with van der Waals surface area (Å²) in [6.07, 6.45) is 5.13. The lowest BCUT2D eigenvalue weighted by Crippen LogP contribution is -2.42. The molecule has 0 bridgehead atoms. The molecule has 1 saturated heterocycles. The molecule has 4 N–H and O–H groups in total. The Morgan fingerprint density at radius 3 is 2.68 bits per heavy atom. The molecule has 4 nitrogen and oxygen atoms in total. The second-order valence-corrected chi connectivity index (χ2v) is 6.61. The fourth-order valence-corrected chi connectivity index (χ4v) is 4.19. The Kier molecular flexibility index (Phi) is 3.08. The van der Waals surface area contributed by atoms with Crippen LogP contribution >= 0.6 is 0 Å². The number of pyridine rings is 1. The highest BCUT2D eigenvalue weighted by Crippen LogP contribution is 2.50. The minimum absolute atomic E-state index is 0.188. The number of hydrogen-bond acceptors (Lipinski definition) is 4. The van der Waals surface area contributed by atoms with Crippen LogP contribution in [0.4, 0.5) is 11.5 Å². The van der Waals surface area contributed by atoms with Crippen molar-refractivity contribution in [2.45, 2.75) is 30.7 Å². The van der Waals surface area contributed by atoms with Crippen molar-refractivity contribution in [1.29, 1.82) is 0 Å². The van der Waals surface area contributed by atoms with Crippen LogP contribution in [0.5, 0.6) is 0 Å². The lowest BCUT2D eigenvalue weighted by molar-refractivity contribution is 0.315. The van der Waals surface area contributed by atoms with Crippen molar-refractivity contribution in [1.82, 2.24) is 4.98 Å². The first-order valence-electron chi connectivity index (χ1n) is 7.99. The van der Waals surface area contributed by atoms with Crippen LogP contribution < -0.4 is 16.4 Å². The molecule has 4 heteroatoms. The minimum Gasteiger partial charge on any atom is -0.399 e. The van der Waals surface area contributed by atoms with Gasteiger partial charge in [0.25, 0.3) is 0 Å². The molecule has 1 fully saturated rings. The molecule has 0 unspecified atom stereocenters. The quantitative estimate of drug-likeness (QED) is 0.848. The number of benzene rings is 1. The summed E-state index contributed by atoms with van der Waals surface area (Å²) < 4.78 is 0. The van der Waals surface area contributed by atoms with E-state index in [2.05, 4.69) is 34.1 Å². The van der Waals surface area contributed by atoms with Gasteiger partial charge in [0.05, 0.1) is 0 Å². The molecular formula is C18H22N4. The van der Waals surface area contributed by atoms with Crippen molar-refractivity contribution in [3.05, 3.63) is 53.7 Å². The lowest BCUT2D eigenvalue weighted by atomic mass is 9.73. The number of fused-ring (bicyclic) bond motifs is 2. The van der Waals surface area contributed by atoms with E-state index in [-0.39, 0.29) is 11.5 Å². The van der Waals surface area contributed by atoms with Crippen LogP contribution in [0.15, 0.2) is 42.6 Å². The van der Waals surface area contributed by atoms with E-state index in [1.54, 1.807) is 6.20 Å². The van der Waals surface area contributed by atoms with Gasteiger partial charge in [-0.1, -0.05) is 24.3 Å². The zero-order valence-corrected chi connectivity index (χ0v) is 12.7. The molecule has 2 aromatic rings. The molecular weight excluding hydrogens is 272 g/mol. The van der Waals surface area contributed by atoms with Gasteiger partial charge in [-0.15, -0.1) is 0 Å². The molecule has 1 aromatic heterocycles. The first kappa shape index (κ1) is 13.6. The van der Waals surface area contributed by atoms with Gasteiger partial charge >= 0.3 is 0 Å². The van der Waals surface area contributed by atoms with E-state index in [4.69, 9.17) is 11.5 Å². The standard InChI is InChI=1S/C18H22N4/c19-13-5-8-21-17(11-13)22-9-6-18(7-10-22)12-16(20)14-3-1-2-4-15(14)18/h1-5,8,11,16H,6-7,9-10,12,20H2,(H2,19,21)/t16-/m0/s1. The highest BCUT2D eigenvalue weighted by Gasteiger charge is 2.44. The molecule has 0 amide bonds. The molecule has 114 valence electrons. The van der Waals surface area contributed by atoms with E-state index in [1.807, 2.05) is 12.1 Å². The highest BCUT2D eigenvalue weighted by atomic mass is 15.2. The topological polar surface area (TPSA) is 68.2 Å². The third kappa shape index (κ3) is 2.06. The second-order valence-electron chi connectivity index (χ2n) is 6.61. The molecule has 22 heavy (non-hydrogen) atoms. The molecule has 0 radical (unpaired) electrons. The Labute approximate surface area is 131 Å². The molecule has 1 aromatic carbocycles. The number of piperidine rings is 1. The fraction of sp³-hybridized carbons (Fsp3) is 0.389. The lowest BCUT2D eigenvalue weighted by Gasteiger charge is -2.40. The first-order chi connectivity index (χ1) is 10.7. The van der Waals surface area contributed by atoms with Crippen LogP contribution in [0.2, 0.25) is 0 Å². The molecule has 1 aliphatic heterocycles. The summed E-state index contributed by atoms with van der Waals surface area (Å²) in [7, 11) is 0.